The monoisotopic (exact) mass is 192 g/mol. The van der Waals surface area contributed by atoms with Crippen LogP contribution < -0.4 is 5.32 Å². The average molecular weight is 192 g/mol. The fourth-order valence-electron chi connectivity index (χ4n) is 2.77. The number of hydrogen-bond donors (Lipinski definition) is 1. The molecule has 0 aromatic carbocycles. The summed E-state index contributed by atoms with van der Waals surface area (Å²) in [6, 6.07) is 0. The van der Waals surface area contributed by atoms with Crippen LogP contribution >= 0.6 is 0 Å². The van der Waals surface area contributed by atoms with E-state index >= 15 is 0 Å². The Morgan fingerprint density at radius 2 is 1.79 bits per heavy atom. The van der Waals surface area contributed by atoms with E-state index in [1.807, 2.05) is 0 Å². The Balaban J connectivity index is 1.85. The summed E-state index contributed by atoms with van der Waals surface area (Å²) in [5, 5.41) is 3.45. The zero-order chi connectivity index (χ0) is 9.86. The summed E-state index contributed by atoms with van der Waals surface area (Å²) in [4.78, 5) is 2.41. The molecular formula is C12H20N2. The lowest BCUT2D eigenvalue weighted by Crippen LogP contribution is -2.45. The van der Waals surface area contributed by atoms with E-state index in [2.05, 4.69) is 16.1 Å². The minimum Gasteiger partial charge on any atom is -0.317 e. The van der Waals surface area contributed by atoms with Gasteiger partial charge < -0.3 is 5.32 Å². The lowest BCUT2D eigenvalue weighted by Gasteiger charge is -2.44. The molecule has 2 fully saturated rings. The summed E-state index contributed by atoms with van der Waals surface area (Å²) in [5.74, 6) is 2.74. The summed E-state index contributed by atoms with van der Waals surface area (Å²) in [7, 11) is 0. The van der Waals surface area contributed by atoms with Crippen LogP contribution in [0, 0.1) is 17.8 Å². The van der Waals surface area contributed by atoms with Gasteiger partial charge in [-0.25, -0.2) is 0 Å². The van der Waals surface area contributed by atoms with Crippen LogP contribution in [-0.2, 0) is 0 Å². The molecule has 0 saturated carbocycles. The summed E-state index contributed by atoms with van der Waals surface area (Å²) in [6.07, 6.45) is 10.8. The molecule has 0 bridgehead atoms. The molecule has 2 aliphatic rings. The third-order valence-electron chi connectivity index (χ3n) is 3.90. The van der Waals surface area contributed by atoms with Crippen LogP contribution in [0.25, 0.3) is 0 Å². The number of piperidine rings is 2. The van der Waals surface area contributed by atoms with Gasteiger partial charge in [0.1, 0.15) is 0 Å². The van der Waals surface area contributed by atoms with E-state index in [9.17, 15) is 0 Å². The van der Waals surface area contributed by atoms with Crippen molar-refractivity contribution in [1.29, 1.82) is 0 Å². The van der Waals surface area contributed by atoms with Crippen molar-refractivity contribution in [3.05, 3.63) is 0 Å². The summed E-state index contributed by atoms with van der Waals surface area (Å²) >= 11 is 0. The Hall–Kier alpha value is -0.520. The van der Waals surface area contributed by atoms with Crippen molar-refractivity contribution in [2.24, 2.45) is 5.41 Å². The second-order valence-electron chi connectivity index (χ2n) is 4.73. The van der Waals surface area contributed by atoms with E-state index < -0.39 is 0 Å². The van der Waals surface area contributed by atoms with Gasteiger partial charge in [0.05, 0.1) is 6.54 Å². The minimum absolute atomic E-state index is 0.663. The van der Waals surface area contributed by atoms with Crippen LogP contribution in [0.5, 0.6) is 0 Å². The molecule has 0 aliphatic carbocycles. The first-order chi connectivity index (χ1) is 6.85. The summed E-state index contributed by atoms with van der Waals surface area (Å²) < 4.78 is 0. The molecule has 2 heteroatoms. The predicted octanol–water partition coefficient (Wildman–Crippen LogP) is 1.09. The maximum absolute atomic E-state index is 5.33. The molecule has 1 N–H and O–H groups in total. The first-order valence-electron chi connectivity index (χ1n) is 5.71. The molecule has 0 aromatic rings. The molecule has 2 rings (SSSR count). The highest BCUT2D eigenvalue weighted by Crippen LogP contribution is 2.39. The van der Waals surface area contributed by atoms with E-state index in [1.54, 1.807) is 0 Å². The molecule has 1 spiro atoms. The fraction of sp³-hybridized carbons (Fsp3) is 0.833. The molecule has 2 saturated heterocycles. The molecule has 2 aliphatic heterocycles. The number of hydrogen-bond acceptors (Lipinski definition) is 2. The maximum atomic E-state index is 5.33. The average Bonchev–Trinajstić information content (AvgIpc) is 2.24. The first-order valence-corrected chi connectivity index (χ1v) is 5.71. The Morgan fingerprint density at radius 1 is 1.14 bits per heavy atom. The second-order valence-corrected chi connectivity index (χ2v) is 4.73. The minimum atomic E-state index is 0.663. The van der Waals surface area contributed by atoms with Crippen molar-refractivity contribution in [2.45, 2.75) is 25.7 Å². The highest BCUT2D eigenvalue weighted by molar-refractivity contribution is 4.94. The van der Waals surface area contributed by atoms with E-state index in [0.29, 0.717) is 5.41 Å². The molecule has 0 radical (unpaired) electrons. The standard InChI is InChI=1S/C12H20N2/c1-2-9-14-10-5-12(6-11-14)3-7-13-8-4-12/h1,13H,3-11H2. The molecular weight excluding hydrogens is 172 g/mol. The van der Waals surface area contributed by atoms with E-state index in [4.69, 9.17) is 6.42 Å². The van der Waals surface area contributed by atoms with Crippen LogP contribution in [0.2, 0.25) is 0 Å². The molecule has 0 aromatic heterocycles. The van der Waals surface area contributed by atoms with Crippen LogP contribution in [0.1, 0.15) is 25.7 Å². The topological polar surface area (TPSA) is 15.3 Å². The van der Waals surface area contributed by atoms with Gasteiger partial charge in [-0.2, -0.15) is 0 Å². The van der Waals surface area contributed by atoms with Gasteiger partial charge in [0.15, 0.2) is 0 Å². The van der Waals surface area contributed by atoms with Gasteiger partial charge in [0.25, 0.3) is 0 Å². The van der Waals surface area contributed by atoms with Crippen LogP contribution in [0.4, 0.5) is 0 Å². The van der Waals surface area contributed by atoms with Gasteiger partial charge >= 0.3 is 0 Å². The Labute approximate surface area is 87.1 Å². The third kappa shape index (κ3) is 2.10. The molecule has 14 heavy (non-hydrogen) atoms. The highest BCUT2D eigenvalue weighted by Gasteiger charge is 2.34. The van der Waals surface area contributed by atoms with Crippen LogP contribution in [-0.4, -0.2) is 37.6 Å². The number of terminal acetylenes is 1. The lowest BCUT2D eigenvalue weighted by atomic mass is 9.71. The van der Waals surface area contributed by atoms with Gasteiger partial charge in [0, 0.05) is 0 Å². The van der Waals surface area contributed by atoms with E-state index in [-0.39, 0.29) is 0 Å². The maximum Gasteiger partial charge on any atom is 0.0598 e. The Bertz CT molecular complexity index is 213. The van der Waals surface area contributed by atoms with Gasteiger partial charge in [0.2, 0.25) is 0 Å². The number of likely N-dealkylation sites (tertiary alicyclic amines) is 1. The normalized spacial score (nSPS) is 27.4. The first kappa shape index (κ1) is 10.0. The zero-order valence-corrected chi connectivity index (χ0v) is 8.89. The Morgan fingerprint density at radius 3 is 2.36 bits per heavy atom. The predicted molar refractivity (Wildman–Crippen MR) is 59.0 cm³/mol. The molecule has 0 unspecified atom stereocenters. The number of rotatable bonds is 1. The summed E-state index contributed by atoms with van der Waals surface area (Å²) in [6.45, 7) is 5.70. The third-order valence-corrected chi connectivity index (χ3v) is 3.90. The fourth-order valence-corrected chi connectivity index (χ4v) is 2.77. The largest absolute Gasteiger partial charge is 0.317 e. The van der Waals surface area contributed by atoms with Crippen molar-refractivity contribution >= 4 is 0 Å². The summed E-state index contributed by atoms with van der Waals surface area (Å²) in [5.41, 5.74) is 0.663. The number of nitrogens with zero attached hydrogens (tertiary/aromatic N) is 1. The molecule has 78 valence electrons. The van der Waals surface area contributed by atoms with Crippen LogP contribution in [0.15, 0.2) is 0 Å². The van der Waals surface area contributed by atoms with Gasteiger partial charge in [-0.3, -0.25) is 4.90 Å². The van der Waals surface area contributed by atoms with E-state index in [0.717, 1.165) is 6.54 Å². The van der Waals surface area contributed by atoms with E-state index in [1.165, 1.54) is 51.9 Å². The number of nitrogens with one attached hydrogen (secondary N) is 1. The van der Waals surface area contributed by atoms with Crippen molar-refractivity contribution in [2.75, 3.05) is 32.7 Å². The zero-order valence-electron chi connectivity index (χ0n) is 8.89. The highest BCUT2D eigenvalue weighted by atomic mass is 15.1. The van der Waals surface area contributed by atoms with Gasteiger partial charge in [-0.15, -0.1) is 6.42 Å². The van der Waals surface area contributed by atoms with Crippen molar-refractivity contribution in [3.8, 4) is 12.3 Å². The van der Waals surface area contributed by atoms with Crippen molar-refractivity contribution < 1.29 is 0 Å². The molecule has 2 nitrogen and oxygen atoms in total. The Kier molecular flexibility index (Phi) is 3.10. The van der Waals surface area contributed by atoms with Crippen molar-refractivity contribution in [3.63, 3.8) is 0 Å². The molecule has 0 atom stereocenters. The van der Waals surface area contributed by atoms with Gasteiger partial charge in [-0.1, -0.05) is 5.92 Å². The van der Waals surface area contributed by atoms with Crippen LogP contribution in [0.3, 0.4) is 0 Å². The quantitative estimate of drug-likeness (QED) is 0.626. The molecule has 2 heterocycles. The second kappa shape index (κ2) is 4.33. The smallest absolute Gasteiger partial charge is 0.0598 e. The van der Waals surface area contributed by atoms with Gasteiger partial charge in [-0.05, 0) is 57.3 Å². The lowest BCUT2D eigenvalue weighted by molar-refractivity contribution is 0.0812. The molecule has 0 amide bonds. The SMILES string of the molecule is C#CCN1CCC2(CCNCC2)CC1. The van der Waals surface area contributed by atoms with Crippen molar-refractivity contribution in [1.82, 2.24) is 10.2 Å².